The lowest BCUT2D eigenvalue weighted by Gasteiger charge is -2.06. The first-order valence-electron chi connectivity index (χ1n) is 4.35. The van der Waals surface area contributed by atoms with Crippen molar-refractivity contribution in [2.75, 3.05) is 11.1 Å². The normalized spacial score (nSPS) is 9.93. The Kier molecular flexibility index (Phi) is 3.00. The summed E-state index contributed by atoms with van der Waals surface area (Å²) in [5, 5.41) is 3.11. The molecule has 2 rings (SSSR count). The molecule has 0 amide bonds. The molecule has 0 aliphatic rings. The van der Waals surface area contributed by atoms with Gasteiger partial charge in [-0.05, 0) is 34.7 Å². The van der Waals surface area contributed by atoms with Gasteiger partial charge in [0, 0.05) is 3.57 Å². The first-order valence-corrected chi connectivity index (χ1v) is 5.42. The maximum absolute atomic E-state index is 5.50. The largest absolute Gasteiger partial charge is 0.396 e. The van der Waals surface area contributed by atoms with Gasteiger partial charge in [0.1, 0.15) is 0 Å². The van der Waals surface area contributed by atoms with Gasteiger partial charge in [0.15, 0.2) is 0 Å². The van der Waals surface area contributed by atoms with Gasteiger partial charge < -0.3 is 11.1 Å². The van der Waals surface area contributed by atoms with E-state index >= 15 is 0 Å². The maximum Gasteiger partial charge on any atom is 0.227 e. The summed E-state index contributed by atoms with van der Waals surface area (Å²) in [4.78, 5) is 8.13. The van der Waals surface area contributed by atoms with E-state index in [0.717, 1.165) is 9.26 Å². The van der Waals surface area contributed by atoms with Crippen LogP contribution in [0.1, 0.15) is 0 Å². The van der Waals surface area contributed by atoms with Crippen LogP contribution in [0.4, 0.5) is 17.3 Å². The first kappa shape index (κ1) is 10.2. The van der Waals surface area contributed by atoms with Crippen molar-refractivity contribution in [2.24, 2.45) is 0 Å². The van der Waals surface area contributed by atoms with Crippen LogP contribution in [-0.2, 0) is 0 Å². The number of nitrogen functional groups attached to an aromatic ring is 1. The Morgan fingerprint density at radius 1 is 1.13 bits per heavy atom. The van der Waals surface area contributed by atoms with Crippen LogP contribution in [0.15, 0.2) is 36.7 Å². The number of hydrogen-bond acceptors (Lipinski definition) is 4. The number of nitrogens with zero attached hydrogens (tertiary/aromatic N) is 2. The highest BCUT2D eigenvalue weighted by atomic mass is 127. The standard InChI is InChI=1S/C10H9IN4/c11-8-3-1-2-4-9(8)15-10-13-5-7(12)6-14-10/h1-6H,12H2,(H,13,14,15). The molecule has 0 saturated carbocycles. The molecule has 3 N–H and O–H groups in total. The van der Waals surface area contributed by atoms with Crippen molar-refractivity contribution in [3.63, 3.8) is 0 Å². The summed E-state index contributed by atoms with van der Waals surface area (Å²) in [6.07, 6.45) is 3.15. The molecule has 0 fully saturated rings. The van der Waals surface area contributed by atoms with Gasteiger partial charge in [-0.15, -0.1) is 0 Å². The van der Waals surface area contributed by atoms with Crippen LogP contribution >= 0.6 is 22.6 Å². The molecule has 1 heterocycles. The minimum atomic E-state index is 0.549. The Morgan fingerprint density at radius 2 is 1.80 bits per heavy atom. The fourth-order valence-electron chi connectivity index (χ4n) is 1.09. The number of benzene rings is 1. The predicted molar refractivity (Wildman–Crippen MR) is 68.9 cm³/mol. The monoisotopic (exact) mass is 312 g/mol. The molecule has 1 aromatic heterocycles. The van der Waals surface area contributed by atoms with Crippen LogP contribution in [0.25, 0.3) is 0 Å². The topological polar surface area (TPSA) is 63.8 Å². The van der Waals surface area contributed by atoms with Gasteiger partial charge in [0.2, 0.25) is 5.95 Å². The van der Waals surface area contributed by atoms with E-state index in [2.05, 4.69) is 37.9 Å². The van der Waals surface area contributed by atoms with Crippen molar-refractivity contribution in [3.8, 4) is 0 Å². The third kappa shape index (κ3) is 2.56. The number of nitrogens with two attached hydrogens (primary N) is 1. The Hall–Kier alpha value is -1.37. The van der Waals surface area contributed by atoms with E-state index in [1.165, 1.54) is 0 Å². The minimum absolute atomic E-state index is 0.549. The fourth-order valence-corrected chi connectivity index (χ4v) is 1.61. The smallest absolute Gasteiger partial charge is 0.227 e. The lowest BCUT2D eigenvalue weighted by atomic mass is 10.3. The molecule has 0 spiro atoms. The second-order valence-corrected chi connectivity index (χ2v) is 4.11. The van der Waals surface area contributed by atoms with Gasteiger partial charge in [-0.25, -0.2) is 9.97 Å². The molecule has 0 unspecified atom stereocenters. The van der Waals surface area contributed by atoms with Crippen molar-refractivity contribution in [2.45, 2.75) is 0 Å². The summed E-state index contributed by atoms with van der Waals surface area (Å²) in [6, 6.07) is 7.93. The second-order valence-electron chi connectivity index (χ2n) is 2.94. The molecule has 1 aromatic carbocycles. The number of aromatic nitrogens is 2. The van der Waals surface area contributed by atoms with Crippen molar-refractivity contribution in [3.05, 3.63) is 40.2 Å². The molecule has 0 aliphatic heterocycles. The predicted octanol–water partition coefficient (Wildman–Crippen LogP) is 2.41. The number of hydrogen-bond donors (Lipinski definition) is 2. The highest BCUT2D eigenvalue weighted by Gasteiger charge is 2.00. The quantitative estimate of drug-likeness (QED) is 0.836. The van der Waals surface area contributed by atoms with E-state index in [1.54, 1.807) is 12.4 Å². The van der Waals surface area contributed by atoms with E-state index in [-0.39, 0.29) is 0 Å². The maximum atomic E-state index is 5.50. The number of rotatable bonds is 2. The molecule has 5 heteroatoms. The molecule has 0 bridgehead atoms. The third-order valence-electron chi connectivity index (χ3n) is 1.79. The van der Waals surface area contributed by atoms with Gasteiger partial charge in [0.05, 0.1) is 23.8 Å². The van der Waals surface area contributed by atoms with Crippen LogP contribution in [0.2, 0.25) is 0 Å². The Balaban J connectivity index is 2.22. The first-order chi connectivity index (χ1) is 7.25. The summed E-state index contributed by atoms with van der Waals surface area (Å²) in [5.41, 5.74) is 7.04. The van der Waals surface area contributed by atoms with Crippen molar-refractivity contribution in [1.29, 1.82) is 0 Å². The minimum Gasteiger partial charge on any atom is -0.396 e. The summed E-state index contributed by atoms with van der Waals surface area (Å²) >= 11 is 2.25. The van der Waals surface area contributed by atoms with Crippen molar-refractivity contribution >= 4 is 39.9 Å². The molecule has 0 aliphatic carbocycles. The van der Waals surface area contributed by atoms with Crippen LogP contribution < -0.4 is 11.1 Å². The highest BCUT2D eigenvalue weighted by Crippen LogP contribution is 2.19. The van der Waals surface area contributed by atoms with Gasteiger partial charge in [-0.1, -0.05) is 12.1 Å². The summed E-state index contributed by atoms with van der Waals surface area (Å²) in [7, 11) is 0. The van der Waals surface area contributed by atoms with Crippen LogP contribution in [-0.4, -0.2) is 9.97 Å². The van der Waals surface area contributed by atoms with E-state index in [0.29, 0.717) is 11.6 Å². The van der Waals surface area contributed by atoms with Crippen LogP contribution in [0.5, 0.6) is 0 Å². The molecular weight excluding hydrogens is 303 g/mol. The van der Waals surface area contributed by atoms with Crippen molar-refractivity contribution < 1.29 is 0 Å². The lowest BCUT2D eigenvalue weighted by molar-refractivity contribution is 1.17. The molecule has 0 atom stereocenters. The summed E-state index contributed by atoms with van der Waals surface area (Å²) in [5.74, 6) is 0.549. The van der Waals surface area contributed by atoms with Crippen LogP contribution in [0.3, 0.4) is 0 Å². The molecular formula is C10H9IN4. The number of anilines is 3. The lowest BCUT2D eigenvalue weighted by Crippen LogP contribution is -1.99. The van der Waals surface area contributed by atoms with Gasteiger partial charge in [0.25, 0.3) is 0 Å². The second kappa shape index (κ2) is 4.43. The molecule has 2 aromatic rings. The zero-order chi connectivity index (χ0) is 10.7. The number of nitrogens with one attached hydrogen (secondary N) is 1. The van der Waals surface area contributed by atoms with Crippen LogP contribution in [0, 0.1) is 3.57 Å². The average molecular weight is 312 g/mol. The third-order valence-corrected chi connectivity index (χ3v) is 2.73. The Bertz CT molecular complexity index is 455. The van der Waals surface area contributed by atoms with E-state index in [9.17, 15) is 0 Å². The Morgan fingerprint density at radius 3 is 2.47 bits per heavy atom. The Labute approximate surface area is 101 Å². The van der Waals surface area contributed by atoms with Crippen molar-refractivity contribution in [1.82, 2.24) is 9.97 Å². The van der Waals surface area contributed by atoms with Gasteiger partial charge >= 0.3 is 0 Å². The number of para-hydroxylation sites is 1. The highest BCUT2D eigenvalue weighted by molar-refractivity contribution is 14.1. The summed E-state index contributed by atoms with van der Waals surface area (Å²) in [6.45, 7) is 0. The SMILES string of the molecule is Nc1cnc(Nc2ccccc2I)nc1. The fraction of sp³-hybridized carbons (Fsp3) is 0. The molecule has 76 valence electrons. The molecule has 15 heavy (non-hydrogen) atoms. The average Bonchev–Trinajstić information content (AvgIpc) is 2.25. The van der Waals surface area contributed by atoms with E-state index in [1.807, 2.05) is 24.3 Å². The summed E-state index contributed by atoms with van der Waals surface area (Å²) < 4.78 is 1.12. The molecule has 0 saturated heterocycles. The molecule has 0 radical (unpaired) electrons. The zero-order valence-electron chi connectivity index (χ0n) is 7.81. The molecule has 4 nitrogen and oxygen atoms in total. The van der Waals surface area contributed by atoms with Gasteiger partial charge in [-0.3, -0.25) is 0 Å². The number of halogens is 1. The zero-order valence-corrected chi connectivity index (χ0v) is 9.97. The van der Waals surface area contributed by atoms with Gasteiger partial charge in [-0.2, -0.15) is 0 Å². The van der Waals surface area contributed by atoms with E-state index < -0.39 is 0 Å². The van der Waals surface area contributed by atoms with E-state index in [4.69, 9.17) is 5.73 Å².